The van der Waals surface area contributed by atoms with E-state index in [0.717, 1.165) is 6.07 Å². The van der Waals surface area contributed by atoms with Gasteiger partial charge in [0, 0.05) is 17.3 Å². The quantitative estimate of drug-likeness (QED) is 0.561. The van der Waals surface area contributed by atoms with Gasteiger partial charge in [-0.1, -0.05) is 0 Å². The summed E-state index contributed by atoms with van der Waals surface area (Å²) in [6, 6.07) is 3.72. The zero-order chi connectivity index (χ0) is 16.0. The molecule has 0 saturated carbocycles. The molecule has 8 heteroatoms. The number of rotatable bonds is 7. The lowest BCUT2D eigenvalue weighted by Crippen LogP contribution is -2.21. The Bertz CT molecular complexity index is 599. The molecule has 0 amide bonds. The van der Waals surface area contributed by atoms with E-state index in [9.17, 15) is 13.2 Å². The fourth-order valence-corrected chi connectivity index (χ4v) is 2.34. The van der Waals surface area contributed by atoms with Gasteiger partial charge >= 0.3 is 5.97 Å². The van der Waals surface area contributed by atoms with Gasteiger partial charge in [-0.3, -0.25) is 0 Å². The van der Waals surface area contributed by atoms with Crippen molar-refractivity contribution in [1.29, 1.82) is 0 Å². The smallest absolute Gasteiger partial charge is 0.342 e. The molecule has 21 heavy (non-hydrogen) atoms. The van der Waals surface area contributed by atoms with E-state index in [4.69, 9.17) is 24.9 Å². The first kappa shape index (κ1) is 17.7. The first-order valence-corrected chi connectivity index (χ1v) is 8.52. The van der Waals surface area contributed by atoms with Gasteiger partial charge in [0.1, 0.15) is 17.4 Å². The highest BCUT2D eigenvalue weighted by molar-refractivity contribution is 8.13. The number of hydrogen-bond acceptors (Lipinski definition) is 6. The third-order valence-corrected chi connectivity index (χ3v) is 3.89. The lowest BCUT2D eigenvalue weighted by molar-refractivity contribution is 0.00413. The maximum Gasteiger partial charge on any atom is 0.342 e. The van der Waals surface area contributed by atoms with Crippen LogP contribution in [0.5, 0.6) is 5.75 Å². The molecule has 0 saturated heterocycles. The summed E-state index contributed by atoms with van der Waals surface area (Å²) in [5.41, 5.74) is -0.0115. The number of hydrogen-bond donors (Lipinski definition) is 0. The van der Waals surface area contributed by atoms with Crippen molar-refractivity contribution >= 4 is 25.7 Å². The number of carbonyl (C=O) groups excluding carboxylic acids is 1. The summed E-state index contributed by atoms with van der Waals surface area (Å²) < 4.78 is 38.0. The molecule has 1 rings (SSSR count). The predicted molar refractivity (Wildman–Crippen MR) is 77.4 cm³/mol. The largest absolute Gasteiger partial charge is 0.496 e. The van der Waals surface area contributed by atoms with E-state index >= 15 is 0 Å². The van der Waals surface area contributed by atoms with E-state index in [2.05, 4.69) is 0 Å². The van der Waals surface area contributed by atoms with Crippen LogP contribution in [0.15, 0.2) is 23.1 Å². The second-order valence-corrected chi connectivity index (χ2v) is 6.74. The monoisotopic (exact) mass is 336 g/mol. The van der Waals surface area contributed by atoms with E-state index in [1.54, 1.807) is 6.92 Å². The highest BCUT2D eigenvalue weighted by Crippen LogP contribution is 2.25. The molecule has 118 valence electrons. The Morgan fingerprint density at radius 2 is 2.05 bits per heavy atom. The number of benzene rings is 1. The van der Waals surface area contributed by atoms with Crippen LogP contribution in [-0.4, -0.2) is 40.8 Å². The maximum atomic E-state index is 12.1. The van der Waals surface area contributed by atoms with Gasteiger partial charge in [0.15, 0.2) is 0 Å². The molecule has 0 aliphatic carbocycles. The van der Waals surface area contributed by atoms with Crippen LogP contribution in [0.3, 0.4) is 0 Å². The molecule has 1 aromatic carbocycles. The highest BCUT2D eigenvalue weighted by atomic mass is 35.7. The van der Waals surface area contributed by atoms with Gasteiger partial charge < -0.3 is 14.2 Å². The van der Waals surface area contributed by atoms with Crippen molar-refractivity contribution in [1.82, 2.24) is 0 Å². The van der Waals surface area contributed by atoms with Crippen molar-refractivity contribution in [2.75, 3.05) is 20.3 Å². The first-order chi connectivity index (χ1) is 9.79. The lowest BCUT2D eigenvalue weighted by Gasteiger charge is -2.14. The second-order valence-electron chi connectivity index (χ2n) is 4.18. The average molecular weight is 337 g/mol. The molecule has 0 fully saturated rings. The molecule has 0 spiro atoms. The van der Waals surface area contributed by atoms with E-state index < -0.39 is 21.1 Å². The van der Waals surface area contributed by atoms with Gasteiger partial charge in [-0.15, -0.1) is 0 Å². The van der Waals surface area contributed by atoms with Crippen molar-refractivity contribution in [3.63, 3.8) is 0 Å². The van der Waals surface area contributed by atoms with Crippen molar-refractivity contribution in [2.24, 2.45) is 0 Å². The number of esters is 1. The molecule has 0 bridgehead atoms. The summed E-state index contributed by atoms with van der Waals surface area (Å²) in [6.45, 7) is 4.25. The minimum Gasteiger partial charge on any atom is -0.496 e. The molecule has 0 radical (unpaired) electrons. The van der Waals surface area contributed by atoms with Gasteiger partial charge in [-0.2, -0.15) is 0 Å². The Kier molecular flexibility index (Phi) is 6.44. The molecule has 0 aliphatic heterocycles. The Balaban J connectivity index is 3.01. The van der Waals surface area contributed by atoms with Gasteiger partial charge in [-0.05, 0) is 32.0 Å². The Morgan fingerprint density at radius 3 is 2.57 bits per heavy atom. The summed E-state index contributed by atoms with van der Waals surface area (Å²) in [6.07, 6.45) is -0.474. The van der Waals surface area contributed by atoms with Crippen LogP contribution in [-0.2, 0) is 18.5 Å². The lowest BCUT2D eigenvalue weighted by atomic mass is 10.2. The summed E-state index contributed by atoms with van der Waals surface area (Å²) in [4.78, 5) is 11.9. The minimum absolute atomic E-state index is 0.0115. The van der Waals surface area contributed by atoms with Crippen LogP contribution in [0, 0.1) is 0 Å². The number of ether oxygens (including phenoxy) is 3. The molecule has 1 atom stereocenters. The zero-order valence-electron chi connectivity index (χ0n) is 12.0. The summed E-state index contributed by atoms with van der Waals surface area (Å²) >= 11 is 0. The molecule has 6 nitrogen and oxygen atoms in total. The minimum atomic E-state index is -3.94. The van der Waals surface area contributed by atoms with Crippen LogP contribution in [0.1, 0.15) is 24.2 Å². The molecular weight excluding hydrogens is 320 g/mol. The molecule has 0 N–H and O–H groups in total. The standard InChI is InChI=1S/C13H17ClO6S/c1-4-19-8-9(2)20-13(15)11-7-10(21(14,16)17)5-6-12(11)18-3/h5-7,9H,4,8H2,1-3H3. The number of carbonyl (C=O) groups is 1. The highest BCUT2D eigenvalue weighted by Gasteiger charge is 2.20. The molecule has 0 aliphatic rings. The fraction of sp³-hybridized carbons (Fsp3) is 0.462. The summed E-state index contributed by atoms with van der Waals surface area (Å²) in [5.74, 6) is -0.506. The van der Waals surface area contributed by atoms with E-state index in [1.807, 2.05) is 6.92 Å². The van der Waals surface area contributed by atoms with Crippen molar-refractivity contribution in [2.45, 2.75) is 24.8 Å². The van der Waals surface area contributed by atoms with Gasteiger partial charge in [0.25, 0.3) is 9.05 Å². The third-order valence-electron chi connectivity index (χ3n) is 2.54. The molecule has 1 aromatic rings. The van der Waals surface area contributed by atoms with Crippen molar-refractivity contribution in [3.8, 4) is 5.75 Å². The number of methoxy groups -OCH3 is 1. The van der Waals surface area contributed by atoms with Gasteiger partial charge in [0.05, 0.1) is 18.6 Å². The number of halogens is 1. The Hall–Kier alpha value is -1.31. The molecule has 0 aromatic heterocycles. The van der Waals surface area contributed by atoms with Crippen molar-refractivity contribution in [3.05, 3.63) is 23.8 Å². The topological polar surface area (TPSA) is 78.9 Å². The van der Waals surface area contributed by atoms with Gasteiger partial charge in [-0.25, -0.2) is 13.2 Å². The summed E-state index contributed by atoms with van der Waals surface area (Å²) in [7, 11) is 2.69. The van der Waals surface area contributed by atoms with Crippen LogP contribution >= 0.6 is 10.7 Å². The maximum absolute atomic E-state index is 12.1. The van der Waals surface area contributed by atoms with Gasteiger partial charge in [0.2, 0.25) is 0 Å². The first-order valence-electron chi connectivity index (χ1n) is 6.21. The SMILES string of the molecule is CCOCC(C)OC(=O)c1cc(S(=O)(=O)Cl)ccc1OC. The second kappa shape index (κ2) is 7.63. The van der Waals surface area contributed by atoms with Crippen molar-refractivity contribution < 1.29 is 27.4 Å². The summed E-state index contributed by atoms with van der Waals surface area (Å²) in [5, 5.41) is 0. The average Bonchev–Trinajstić information content (AvgIpc) is 2.43. The van der Waals surface area contributed by atoms with Crippen LogP contribution in [0.2, 0.25) is 0 Å². The third kappa shape index (κ3) is 5.18. The predicted octanol–water partition coefficient (Wildman–Crippen LogP) is 2.20. The van der Waals surface area contributed by atoms with Crippen LogP contribution < -0.4 is 4.74 Å². The van der Waals surface area contributed by atoms with E-state index in [0.29, 0.717) is 6.61 Å². The Labute approximate surface area is 128 Å². The van der Waals surface area contributed by atoms with Crippen LogP contribution in [0.25, 0.3) is 0 Å². The molecule has 1 unspecified atom stereocenters. The van der Waals surface area contributed by atoms with Crippen LogP contribution in [0.4, 0.5) is 0 Å². The molecule has 0 heterocycles. The normalized spacial score (nSPS) is 12.8. The zero-order valence-corrected chi connectivity index (χ0v) is 13.5. The van der Waals surface area contributed by atoms with E-state index in [-0.39, 0.29) is 22.8 Å². The fourth-order valence-electron chi connectivity index (χ4n) is 1.56. The van der Waals surface area contributed by atoms with E-state index in [1.165, 1.54) is 19.2 Å². The molecular formula is C13H17ClO6S. The Morgan fingerprint density at radius 1 is 1.38 bits per heavy atom.